The number of thioether (sulfide) groups is 1. The molecule has 29 heavy (non-hydrogen) atoms. The molecule has 0 radical (unpaired) electrons. The number of aromatic nitrogens is 5. The van der Waals surface area contributed by atoms with Crippen molar-refractivity contribution in [3.8, 4) is 5.69 Å². The van der Waals surface area contributed by atoms with Gasteiger partial charge < -0.3 is 4.98 Å². The summed E-state index contributed by atoms with van der Waals surface area (Å²) >= 11 is 1.23. The lowest BCUT2D eigenvalue weighted by atomic mass is 10.0. The minimum atomic E-state index is -1.01. The van der Waals surface area contributed by atoms with Crippen LogP contribution in [0.4, 0.5) is 8.78 Å². The number of benzene rings is 1. The second-order valence-corrected chi connectivity index (χ2v) is 7.41. The van der Waals surface area contributed by atoms with E-state index in [1.807, 2.05) is 0 Å². The summed E-state index contributed by atoms with van der Waals surface area (Å²) in [6.45, 7) is 3.61. The van der Waals surface area contributed by atoms with E-state index in [0.29, 0.717) is 5.75 Å². The zero-order valence-corrected chi connectivity index (χ0v) is 16.3. The Kier molecular flexibility index (Phi) is 4.79. The highest BCUT2D eigenvalue weighted by Crippen LogP contribution is 2.26. The summed E-state index contributed by atoms with van der Waals surface area (Å²) in [4.78, 5) is 26.6. The monoisotopic (exact) mass is 415 g/mol. The maximum Gasteiger partial charge on any atom is 0.285 e. The topological polar surface area (TPSA) is 85.1 Å². The average molecular weight is 415 g/mol. The van der Waals surface area contributed by atoms with Crippen molar-refractivity contribution in [3.63, 3.8) is 0 Å². The fourth-order valence-electron chi connectivity index (χ4n) is 3.06. The van der Waals surface area contributed by atoms with Crippen molar-refractivity contribution in [2.24, 2.45) is 0 Å². The van der Waals surface area contributed by atoms with E-state index < -0.39 is 16.9 Å². The van der Waals surface area contributed by atoms with Crippen LogP contribution in [0.25, 0.3) is 11.2 Å². The van der Waals surface area contributed by atoms with Crippen LogP contribution in [0.15, 0.2) is 51.4 Å². The summed E-state index contributed by atoms with van der Waals surface area (Å²) in [5, 5.41) is 8.62. The predicted molar refractivity (Wildman–Crippen MR) is 105 cm³/mol. The number of rotatable bonds is 4. The molecule has 0 saturated heterocycles. The molecular formula is C19H15F2N5O2S. The summed E-state index contributed by atoms with van der Waals surface area (Å²) in [7, 11) is 0. The zero-order valence-electron chi connectivity index (χ0n) is 15.4. The number of pyridine rings is 1. The number of halogens is 2. The first-order valence-corrected chi connectivity index (χ1v) is 9.58. The van der Waals surface area contributed by atoms with Crippen LogP contribution >= 0.6 is 11.8 Å². The van der Waals surface area contributed by atoms with Gasteiger partial charge in [-0.2, -0.15) is 5.10 Å². The van der Waals surface area contributed by atoms with E-state index in [9.17, 15) is 18.4 Å². The van der Waals surface area contributed by atoms with Gasteiger partial charge in [0.2, 0.25) is 0 Å². The minimum absolute atomic E-state index is 0.137. The highest BCUT2D eigenvalue weighted by Gasteiger charge is 2.17. The Morgan fingerprint density at radius 1 is 1.14 bits per heavy atom. The molecule has 0 amide bonds. The van der Waals surface area contributed by atoms with Gasteiger partial charge in [0, 0.05) is 18.0 Å². The first kappa shape index (κ1) is 19.1. The van der Waals surface area contributed by atoms with Gasteiger partial charge in [0.1, 0.15) is 5.82 Å². The summed E-state index contributed by atoms with van der Waals surface area (Å²) < 4.78 is 29.8. The number of nitrogens with one attached hydrogen (secondary N) is 1. The molecule has 0 aliphatic rings. The van der Waals surface area contributed by atoms with Gasteiger partial charge in [0.05, 0.1) is 11.9 Å². The molecule has 0 aliphatic carbocycles. The van der Waals surface area contributed by atoms with Crippen molar-refractivity contribution in [1.29, 1.82) is 0 Å². The van der Waals surface area contributed by atoms with Crippen molar-refractivity contribution in [3.05, 3.63) is 85.7 Å². The third-order valence-electron chi connectivity index (χ3n) is 4.52. The van der Waals surface area contributed by atoms with Gasteiger partial charge in [-0.1, -0.05) is 11.8 Å². The molecule has 10 heteroatoms. The van der Waals surface area contributed by atoms with Gasteiger partial charge in [-0.25, -0.2) is 8.78 Å². The fraction of sp³-hybridized carbons (Fsp3) is 0.158. The van der Waals surface area contributed by atoms with Crippen LogP contribution < -0.4 is 11.1 Å². The van der Waals surface area contributed by atoms with Crippen LogP contribution in [-0.2, 0) is 5.75 Å². The molecular weight excluding hydrogens is 400 g/mol. The lowest BCUT2D eigenvalue weighted by molar-refractivity contribution is 0.601. The molecule has 3 aromatic heterocycles. The van der Waals surface area contributed by atoms with Gasteiger partial charge in [0.25, 0.3) is 11.1 Å². The number of aromatic amines is 1. The van der Waals surface area contributed by atoms with Crippen molar-refractivity contribution in [2.45, 2.75) is 24.8 Å². The number of hydrogen-bond donors (Lipinski definition) is 1. The van der Waals surface area contributed by atoms with E-state index >= 15 is 0 Å². The molecule has 0 saturated carbocycles. The minimum Gasteiger partial charge on any atom is -0.324 e. The van der Waals surface area contributed by atoms with E-state index in [2.05, 4.69) is 15.2 Å². The Balaban J connectivity index is 1.84. The van der Waals surface area contributed by atoms with E-state index in [-0.39, 0.29) is 22.2 Å². The van der Waals surface area contributed by atoms with Crippen LogP contribution in [0.3, 0.4) is 0 Å². The number of H-pyrrole nitrogens is 1. The molecule has 7 nitrogen and oxygen atoms in total. The number of nitrogens with zero attached hydrogens (tertiary/aromatic N) is 4. The molecule has 3 heterocycles. The lowest BCUT2D eigenvalue weighted by Crippen LogP contribution is -2.25. The summed E-state index contributed by atoms with van der Waals surface area (Å²) in [5.74, 6) is -0.919. The van der Waals surface area contributed by atoms with Gasteiger partial charge in [-0.05, 0) is 48.7 Å². The third kappa shape index (κ3) is 3.46. The molecule has 0 spiro atoms. The maximum atomic E-state index is 13.8. The van der Waals surface area contributed by atoms with Crippen molar-refractivity contribution in [2.75, 3.05) is 0 Å². The van der Waals surface area contributed by atoms with Crippen LogP contribution in [-0.4, -0.2) is 24.4 Å². The smallest absolute Gasteiger partial charge is 0.285 e. The quantitative estimate of drug-likeness (QED) is 0.518. The molecule has 0 fully saturated rings. The Hall–Kier alpha value is -3.27. The Morgan fingerprint density at radius 2 is 1.86 bits per heavy atom. The van der Waals surface area contributed by atoms with E-state index in [4.69, 9.17) is 0 Å². The number of aryl methyl sites for hydroxylation is 2. The molecule has 0 atom stereocenters. The van der Waals surface area contributed by atoms with Crippen molar-refractivity contribution in [1.82, 2.24) is 24.4 Å². The van der Waals surface area contributed by atoms with Crippen molar-refractivity contribution >= 4 is 17.3 Å². The van der Waals surface area contributed by atoms with E-state index in [0.717, 1.165) is 22.8 Å². The average Bonchev–Trinajstić information content (AvgIpc) is 3.12. The Morgan fingerprint density at radius 3 is 2.55 bits per heavy atom. The zero-order chi connectivity index (χ0) is 20.7. The summed E-state index contributed by atoms with van der Waals surface area (Å²) in [5.41, 5.74) is 1.46. The summed E-state index contributed by atoms with van der Waals surface area (Å²) in [6, 6.07) is 5.36. The molecule has 0 unspecified atom stereocenters. The molecule has 1 N–H and O–H groups in total. The van der Waals surface area contributed by atoms with Gasteiger partial charge >= 0.3 is 0 Å². The molecule has 4 aromatic rings. The van der Waals surface area contributed by atoms with Gasteiger partial charge in [0.15, 0.2) is 16.5 Å². The molecule has 1 aromatic carbocycles. The maximum absolute atomic E-state index is 13.8. The van der Waals surface area contributed by atoms with Crippen LogP contribution in [0, 0.1) is 25.5 Å². The second kappa shape index (κ2) is 7.28. The highest BCUT2D eigenvalue weighted by molar-refractivity contribution is 7.98. The summed E-state index contributed by atoms with van der Waals surface area (Å²) in [6.07, 6.45) is 2.68. The van der Waals surface area contributed by atoms with Crippen LogP contribution in [0.5, 0.6) is 0 Å². The van der Waals surface area contributed by atoms with Crippen LogP contribution in [0.2, 0.25) is 0 Å². The standard InChI is InChI=1S/C19H15F2N5O2S/c1-10-5-12(20)6-11(2)14(10)9-29-19-24-26-16(3-4-23-26)18(28)25(19)13-7-15(21)17(27)22-8-13/h3-8H,9H2,1-2H3,(H,22,27). The first-order valence-electron chi connectivity index (χ1n) is 8.59. The van der Waals surface area contributed by atoms with Gasteiger partial charge in [-0.3, -0.25) is 14.2 Å². The Bertz CT molecular complexity index is 1340. The first-order chi connectivity index (χ1) is 13.8. The number of fused-ring (bicyclic) bond motifs is 1. The number of hydrogen-bond acceptors (Lipinski definition) is 5. The van der Waals surface area contributed by atoms with Gasteiger partial charge in [-0.15, -0.1) is 9.73 Å². The fourth-order valence-corrected chi connectivity index (χ4v) is 4.24. The largest absolute Gasteiger partial charge is 0.324 e. The lowest BCUT2D eigenvalue weighted by Gasteiger charge is -2.14. The SMILES string of the molecule is Cc1cc(F)cc(C)c1CSc1nn2nccc2c(=O)n1-c1c[nH]c(=O)c(F)c1. The molecule has 4 rings (SSSR count). The predicted octanol–water partition coefficient (Wildman–Crippen LogP) is 2.76. The highest BCUT2D eigenvalue weighted by atomic mass is 32.2. The van der Waals surface area contributed by atoms with Crippen molar-refractivity contribution < 1.29 is 8.78 Å². The Labute approximate surface area is 167 Å². The third-order valence-corrected chi connectivity index (χ3v) is 5.48. The van der Waals surface area contributed by atoms with E-state index in [1.165, 1.54) is 51.6 Å². The second-order valence-electron chi connectivity index (χ2n) is 6.47. The molecule has 148 valence electrons. The van der Waals surface area contributed by atoms with E-state index in [1.54, 1.807) is 13.8 Å². The molecule has 0 bridgehead atoms. The molecule has 0 aliphatic heterocycles. The normalized spacial score (nSPS) is 11.3. The van der Waals surface area contributed by atoms with Crippen LogP contribution in [0.1, 0.15) is 16.7 Å².